The molecule has 1 aliphatic heterocycles. The van der Waals surface area contributed by atoms with Crippen molar-refractivity contribution in [2.75, 3.05) is 11.3 Å². The highest BCUT2D eigenvalue weighted by Gasteiger charge is 2.35. The molecule has 3 atom stereocenters. The van der Waals surface area contributed by atoms with E-state index in [2.05, 4.69) is 33.2 Å². The minimum atomic E-state index is -4.45. The van der Waals surface area contributed by atoms with Gasteiger partial charge in [-0.05, 0) is 36.1 Å². The number of nitrogens with zero attached hydrogens (tertiary/aromatic N) is 2. The van der Waals surface area contributed by atoms with E-state index in [0.717, 1.165) is 24.3 Å². The van der Waals surface area contributed by atoms with Crippen LogP contribution in [-0.2, 0) is 14.8 Å². The van der Waals surface area contributed by atoms with Crippen LogP contribution in [0.25, 0.3) is 0 Å². The highest BCUT2D eigenvalue weighted by atomic mass is 35.5. The number of hydrogen-bond donors (Lipinski definition) is 2. The Bertz CT molecular complexity index is 1310. The molecule has 14 heteroatoms. The van der Waals surface area contributed by atoms with Crippen LogP contribution >= 0.6 is 34.7 Å². The molecule has 2 unspecified atom stereocenters. The van der Waals surface area contributed by atoms with Crippen molar-refractivity contribution in [1.29, 1.82) is 0 Å². The molecule has 36 heavy (non-hydrogen) atoms. The summed E-state index contributed by atoms with van der Waals surface area (Å²) in [5, 5.41) is 4.11. The SMILES string of the molecule is CC(C)C[C@@H]1COC(Oc2cc(F)c(S(=O)(=O)Nc3ncns3)cc2F)C(c2cc(Cl)cc(Cl)c2)N1. The normalized spacial score (nSPS) is 20.5. The Kier molecular flexibility index (Phi) is 8.32. The summed E-state index contributed by atoms with van der Waals surface area (Å²) in [6, 6.07) is 5.47. The quantitative estimate of drug-likeness (QED) is 0.368. The minimum Gasteiger partial charge on any atom is -0.460 e. The molecule has 0 aliphatic carbocycles. The number of morpholine rings is 1. The number of ether oxygens (including phenoxy) is 2. The molecule has 1 fully saturated rings. The van der Waals surface area contributed by atoms with Gasteiger partial charge in [0.25, 0.3) is 10.0 Å². The van der Waals surface area contributed by atoms with E-state index in [4.69, 9.17) is 32.7 Å². The largest absolute Gasteiger partial charge is 0.460 e. The summed E-state index contributed by atoms with van der Waals surface area (Å²) in [6.45, 7) is 4.41. The summed E-state index contributed by atoms with van der Waals surface area (Å²) >= 11 is 13.1. The van der Waals surface area contributed by atoms with Gasteiger partial charge < -0.3 is 9.47 Å². The van der Waals surface area contributed by atoms with Crippen molar-refractivity contribution >= 4 is 49.9 Å². The molecular weight excluding hydrogens is 557 g/mol. The molecule has 1 saturated heterocycles. The molecule has 1 aromatic heterocycles. The first-order valence-corrected chi connectivity index (χ1v) is 13.8. The van der Waals surface area contributed by atoms with Crippen LogP contribution in [0.15, 0.2) is 41.6 Å². The van der Waals surface area contributed by atoms with E-state index in [-0.39, 0.29) is 17.8 Å². The molecular formula is C22H22Cl2F2N4O4S2. The van der Waals surface area contributed by atoms with Crippen LogP contribution in [-0.4, -0.2) is 36.7 Å². The topological polar surface area (TPSA) is 102 Å². The van der Waals surface area contributed by atoms with Crippen molar-refractivity contribution in [2.45, 2.75) is 43.5 Å². The monoisotopic (exact) mass is 578 g/mol. The number of rotatable bonds is 8. The number of aromatic nitrogens is 2. The van der Waals surface area contributed by atoms with E-state index in [1.54, 1.807) is 18.2 Å². The average molecular weight is 579 g/mol. The van der Waals surface area contributed by atoms with Crippen molar-refractivity contribution < 1.29 is 26.7 Å². The second-order valence-corrected chi connectivity index (χ2v) is 11.9. The number of halogens is 4. The Morgan fingerprint density at radius 3 is 2.56 bits per heavy atom. The number of sulfonamides is 1. The van der Waals surface area contributed by atoms with Gasteiger partial charge in [-0.1, -0.05) is 37.0 Å². The molecule has 4 rings (SSSR count). The van der Waals surface area contributed by atoms with Gasteiger partial charge in [-0.25, -0.2) is 22.2 Å². The van der Waals surface area contributed by atoms with Crippen LogP contribution in [0.2, 0.25) is 10.0 Å². The zero-order chi connectivity index (χ0) is 26.0. The fourth-order valence-electron chi connectivity index (χ4n) is 3.82. The van der Waals surface area contributed by atoms with E-state index in [0.29, 0.717) is 33.7 Å². The molecule has 3 aromatic rings. The lowest BCUT2D eigenvalue weighted by atomic mass is 9.98. The van der Waals surface area contributed by atoms with Crippen LogP contribution < -0.4 is 14.8 Å². The maximum atomic E-state index is 15.0. The van der Waals surface area contributed by atoms with Crippen molar-refractivity contribution in [3.8, 4) is 5.75 Å². The summed E-state index contributed by atoms with van der Waals surface area (Å²) < 4.78 is 72.2. The molecule has 2 aromatic carbocycles. The number of hydrogen-bond acceptors (Lipinski definition) is 8. The molecule has 0 amide bonds. The van der Waals surface area contributed by atoms with Crippen LogP contribution in [0.4, 0.5) is 13.9 Å². The molecule has 8 nitrogen and oxygen atoms in total. The Hall–Kier alpha value is -2.09. The van der Waals surface area contributed by atoms with E-state index in [1.165, 1.54) is 0 Å². The molecule has 0 spiro atoms. The van der Waals surface area contributed by atoms with Gasteiger partial charge >= 0.3 is 0 Å². The van der Waals surface area contributed by atoms with Gasteiger partial charge in [0, 0.05) is 39.8 Å². The minimum absolute atomic E-state index is 0.0341. The van der Waals surface area contributed by atoms with Gasteiger partial charge in [0.2, 0.25) is 11.4 Å². The van der Waals surface area contributed by atoms with Crippen molar-refractivity contribution in [3.63, 3.8) is 0 Å². The van der Waals surface area contributed by atoms with E-state index >= 15 is 0 Å². The van der Waals surface area contributed by atoms with Gasteiger partial charge in [-0.2, -0.15) is 4.37 Å². The van der Waals surface area contributed by atoms with Crippen molar-refractivity contribution in [2.24, 2.45) is 5.92 Å². The first-order chi connectivity index (χ1) is 17.0. The summed E-state index contributed by atoms with van der Waals surface area (Å²) in [5.41, 5.74) is 0.632. The van der Waals surface area contributed by atoms with Gasteiger partial charge in [0.1, 0.15) is 17.0 Å². The Labute approximate surface area is 221 Å². The summed E-state index contributed by atoms with van der Waals surface area (Å²) in [7, 11) is -4.45. The van der Waals surface area contributed by atoms with E-state index in [9.17, 15) is 17.2 Å². The third-order valence-electron chi connectivity index (χ3n) is 5.25. The van der Waals surface area contributed by atoms with Crippen molar-refractivity contribution in [3.05, 3.63) is 63.9 Å². The molecule has 0 saturated carbocycles. The molecule has 194 valence electrons. The summed E-state index contributed by atoms with van der Waals surface area (Å²) in [5.74, 6) is -2.45. The standard InChI is InChI=1S/C22H22Cl2F2N4O4S2/c1-11(2)3-15-9-33-21(20(29-15)12-4-13(23)6-14(24)5-12)34-18-7-17(26)19(8-16(18)25)36(31,32)30-22-27-10-28-35-22/h4-8,10-11,15,20-21,29H,3,9H2,1-2H3,(H,27,28,30)/t15-,20?,21?/m1/s1. The predicted molar refractivity (Wildman–Crippen MR) is 133 cm³/mol. The van der Waals surface area contributed by atoms with Crippen LogP contribution in [0.3, 0.4) is 0 Å². The fourth-order valence-corrected chi connectivity index (χ4v) is 6.10. The lowest BCUT2D eigenvalue weighted by Crippen LogP contribution is -2.51. The van der Waals surface area contributed by atoms with Gasteiger partial charge in [-0.15, -0.1) is 0 Å². The fraction of sp³-hybridized carbons (Fsp3) is 0.364. The zero-order valence-corrected chi connectivity index (χ0v) is 22.2. The molecule has 0 radical (unpaired) electrons. The third kappa shape index (κ3) is 6.42. The van der Waals surface area contributed by atoms with Crippen LogP contribution in [0.1, 0.15) is 31.9 Å². The molecule has 2 heterocycles. The lowest BCUT2D eigenvalue weighted by molar-refractivity contribution is -0.140. The number of benzene rings is 2. The van der Waals surface area contributed by atoms with Crippen molar-refractivity contribution in [1.82, 2.24) is 14.7 Å². The Balaban J connectivity index is 1.61. The van der Waals surface area contributed by atoms with Gasteiger partial charge in [-0.3, -0.25) is 10.0 Å². The Morgan fingerprint density at radius 1 is 1.19 bits per heavy atom. The number of anilines is 1. The second-order valence-electron chi connectivity index (χ2n) is 8.56. The van der Waals surface area contributed by atoms with E-state index in [1.807, 2.05) is 0 Å². The first-order valence-electron chi connectivity index (χ1n) is 10.8. The smallest absolute Gasteiger partial charge is 0.266 e. The average Bonchev–Trinajstić information content (AvgIpc) is 3.28. The van der Waals surface area contributed by atoms with Crippen LogP contribution in [0, 0.1) is 17.6 Å². The molecule has 1 aliphatic rings. The zero-order valence-electron chi connectivity index (χ0n) is 19.0. The van der Waals surface area contributed by atoms with Crippen LogP contribution in [0.5, 0.6) is 5.75 Å². The first kappa shape index (κ1) is 27.0. The van der Waals surface area contributed by atoms with Gasteiger partial charge in [0.05, 0.1) is 12.6 Å². The predicted octanol–water partition coefficient (Wildman–Crippen LogP) is 5.40. The summed E-state index contributed by atoms with van der Waals surface area (Å²) in [6.07, 6.45) is 0.845. The highest BCUT2D eigenvalue weighted by molar-refractivity contribution is 7.93. The van der Waals surface area contributed by atoms with Gasteiger partial charge in [0.15, 0.2) is 11.6 Å². The second kappa shape index (κ2) is 11.1. The lowest BCUT2D eigenvalue weighted by Gasteiger charge is -2.38. The Morgan fingerprint density at radius 2 is 1.92 bits per heavy atom. The maximum Gasteiger partial charge on any atom is 0.266 e. The third-order valence-corrected chi connectivity index (χ3v) is 7.75. The molecule has 0 bridgehead atoms. The molecule has 2 N–H and O–H groups in total. The summed E-state index contributed by atoms with van der Waals surface area (Å²) in [4.78, 5) is 2.78. The maximum absolute atomic E-state index is 15.0. The van der Waals surface area contributed by atoms with E-state index < -0.39 is 44.6 Å². The highest BCUT2D eigenvalue weighted by Crippen LogP contribution is 2.33. The number of nitrogens with one attached hydrogen (secondary N) is 2.